The number of likely N-dealkylation sites (N-methyl/N-ethyl adjacent to an activating group) is 1. The second-order valence-corrected chi connectivity index (χ2v) is 7.89. The molecule has 0 bridgehead atoms. The molecule has 0 saturated carbocycles. The van der Waals surface area contributed by atoms with Crippen LogP contribution in [0.4, 0.5) is 0 Å². The zero-order chi connectivity index (χ0) is 21.7. The van der Waals surface area contributed by atoms with Crippen LogP contribution in [0, 0.1) is 13.8 Å². The highest BCUT2D eigenvalue weighted by atomic mass is 32.1. The first-order chi connectivity index (χ1) is 14.4. The highest BCUT2D eigenvalue weighted by Crippen LogP contribution is 2.35. The molecular weight excluding hydrogens is 400 g/mol. The molecule has 0 aliphatic heterocycles. The van der Waals surface area contributed by atoms with Crippen molar-refractivity contribution >= 4 is 17.2 Å². The molecule has 0 saturated heterocycles. The number of carbonyl (C=O) groups excluding carboxylic acids is 1. The molecule has 2 aromatic carbocycles. The fraction of sp³-hybridized carbons (Fsp3) is 0.304. The van der Waals surface area contributed by atoms with Gasteiger partial charge in [-0.15, -0.1) is 11.3 Å². The van der Waals surface area contributed by atoms with Gasteiger partial charge in [0.2, 0.25) is 0 Å². The molecule has 7 heteroatoms. The second kappa shape index (κ2) is 9.63. The summed E-state index contributed by atoms with van der Waals surface area (Å²) in [5.74, 6) is 2.02. The summed E-state index contributed by atoms with van der Waals surface area (Å²) in [7, 11) is 4.97. The van der Waals surface area contributed by atoms with E-state index in [1.54, 1.807) is 26.2 Å². The average Bonchev–Trinajstić information content (AvgIpc) is 3.14. The Bertz CT molecular complexity index is 1030. The van der Waals surface area contributed by atoms with Gasteiger partial charge in [-0.25, -0.2) is 4.98 Å². The molecule has 3 rings (SSSR count). The van der Waals surface area contributed by atoms with E-state index in [4.69, 9.17) is 14.2 Å². The van der Waals surface area contributed by atoms with Gasteiger partial charge in [0, 0.05) is 12.6 Å². The minimum atomic E-state index is -0.0652. The van der Waals surface area contributed by atoms with E-state index in [9.17, 15) is 4.79 Å². The first-order valence-electron chi connectivity index (χ1n) is 9.57. The fourth-order valence-corrected chi connectivity index (χ4v) is 4.03. The lowest BCUT2D eigenvalue weighted by atomic mass is 10.2. The molecule has 0 N–H and O–H groups in total. The SMILES string of the molecule is COc1ccc(-c2nc(C)c(C(=O)N(C)CCOc3cccc(C)c3)s2)cc1OC. The van der Waals surface area contributed by atoms with E-state index in [0.717, 1.165) is 21.9 Å². The molecule has 1 amide bonds. The molecule has 0 radical (unpaired) electrons. The number of aromatic nitrogens is 1. The van der Waals surface area contributed by atoms with E-state index in [1.807, 2.05) is 56.3 Å². The van der Waals surface area contributed by atoms with Crippen LogP contribution in [0.1, 0.15) is 20.9 Å². The Hall–Kier alpha value is -3.06. The third kappa shape index (κ3) is 4.91. The molecular formula is C23H26N2O4S. The normalized spacial score (nSPS) is 10.6. The van der Waals surface area contributed by atoms with Crippen LogP contribution in [0.25, 0.3) is 10.6 Å². The lowest BCUT2D eigenvalue weighted by Crippen LogP contribution is -2.30. The van der Waals surface area contributed by atoms with Crippen LogP contribution in [0.15, 0.2) is 42.5 Å². The van der Waals surface area contributed by atoms with Crippen LogP contribution in [0.3, 0.4) is 0 Å². The number of ether oxygens (including phenoxy) is 3. The fourth-order valence-electron chi connectivity index (χ4n) is 2.97. The minimum Gasteiger partial charge on any atom is -0.493 e. The number of amides is 1. The van der Waals surface area contributed by atoms with E-state index in [-0.39, 0.29) is 5.91 Å². The van der Waals surface area contributed by atoms with E-state index in [2.05, 4.69) is 4.98 Å². The Morgan fingerprint density at radius 3 is 2.53 bits per heavy atom. The number of rotatable bonds is 8. The number of carbonyl (C=O) groups is 1. The van der Waals surface area contributed by atoms with E-state index in [0.29, 0.717) is 35.2 Å². The molecule has 158 valence electrons. The number of aryl methyl sites for hydroxylation is 2. The van der Waals surface area contributed by atoms with Gasteiger partial charge in [0.25, 0.3) is 5.91 Å². The van der Waals surface area contributed by atoms with Crippen LogP contribution in [-0.4, -0.2) is 50.2 Å². The van der Waals surface area contributed by atoms with Gasteiger partial charge in [-0.2, -0.15) is 0 Å². The van der Waals surface area contributed by atoms with Crippen LogP contribution in [0.5, 0.6) is 17.2 Å². The van der Waals surface area contributed by atoms with E-state index < -0.39 is 0 Å². The topological polar surface area (TPSA) is 60.9 Å². The Morgan fingerprint density at radius 1 is 1.07 bits per heavy atom. The predicted octanol–water partition coefficient (Wildman–Crippen LogP) is 4.60. The summed E-state index contributed by atoms with van der Waals surface area (Å²) in [5, 5.41) is 0.765. The van der Waals surface area contributed by atoms with Crippen LogP contribution < -0.4 is 14.2 Å². The molecule has 0 spiro atoms. The maximum Gasteiger partial charge on any atom is 0.265 e. The molecule has 3 aromatic rings. The van der Waals surface area contributed by atoms with Gasteiger partial charge in [0.1, 0.15) is 22.2 Å². The largest absolute Gasteiger partial charge is 0.493 e. The van der Waals surface area contributed by atoms with Crippen LogP contribution in [0.2, 0.25) is 0 Å². The average molecular weight is 427 g/mol. The zero-order valence-electron chi connectivity index (χ0n) is 17.9. The van der Waals surface area contributed by atoms with Crippen LogP contribution in [-0.2, 0) is 0 Å². The maximum atomic E-state index is 12.9. The number of methoxy groups -OCH3 is 2. The standard InChI is InChI=1S/C23H26N2O4S/c1-15-7-6-8-18(13-15)29-12-11-25(3)23(26)21-16(2)24-22(30-21)17-9-10-19(27-4)20(14-17)28-5/h6-10,13-14H,11-12H2,1-5H3. The second-order valence-electron chi connectivity index (χ2n) is 6.89. The van der Waals surface area contributed by atoms with Crippen molar-refractivity contribution in [3.05, 3.63) is 58.6 Å². The quantitative estimate of drug-likeness (QED) is 0.527. The maximum absolute atomic E-state index is 12.9. The summed E-state index contributed by atoms with van der Waals surface area (Å²) in [6, 6.07) is 13.5. The van der Waals surface area contributed by atoms with Gasteiger partial charge in [0.15, 0.2) is 11.5 Å². The molecule has 0 unspecified atom stereocenters. The molecule has 1 heterocycles. The van der Waals surface area contributed by atoms with Crippen molar-refractivity contribution in [2.24, 2.45) is 0 Å². The zero-order valence-corrected chi connectivity index (χ0v) is 18.7. The summed E-state index contributed by atoms with van der Waals surface area (Å²) in [6.07, 6.45) is 0. The third-order valence-corrected chi connectivity index (χ3v) is 5.85. The smallest absolute Gasteiger partial charge is 0.265 e. The highest BCUT2D eigenvalue weighted by Gasteiger charge is 2.20. The summed E-state index contributed by atoms with van der Waals surface area (Å²) in [4.78, 5) is 19.8. The number of benzene rings is 2. The molecule has 0 aliphatic carbocycles. The van der Waals surface area contributed by atoms with Crippen molar-refractivity contribution in [1.29, 1.82) is 0 Å². The molecule has 0 fully saturated rings. The van der Waals surface area contributed by atoms with Gasteiger partial charge in [0.05, 0.1) is 26.5 Å². The van der Waals surface area contributed by atoms with Crippen LogP contribution >= 0.6 is 11.3 Å². The summed E-state index contributed by atoms with van der Waals surface area (Å²) in [6.45, 7) is 4.78. The van der Waals surface area contributed by atoms with Crippen molar-refractivity contribution in [3.63, 3.8) is 0 Å². The predicted molar refractivity (Wildman–Crippen MR) is 119 cm³/mol. The van der Waals surface area contributed by atoms with E-state index >= 15 is 0 Å². The number of hydrogen-bond acceptors (Lipinski definition) is 6. The van der Waals surface area contributed by atoms with Crippen molar-refractivity contribution in [3.8, 4) is 27.8 Å². The van der Waals surface area contributed by atoms with Gasteiger partial charge in [-0.1, -0.05) is 12.1 Å². The van der Waals surface area contributed by atoms with Gasteiger partial charge < -0.3 is 19.1 Å². The van der Waals surface area contributed by atoms with Gasteiger partial charge in [-0.3, -0.25) is 4.79 Å². The first kappa shape index (κ1) is 21.6. The van der Waals surface area contributed by atoms with Gasteiger partial charge >= 0.3 is 0 Å². The van der Waals surface area contributed by atoms with Crippen molar-refractivity contribution in [2.75, 3.05) is 34.4 Å². The molecule has 6 nitrogen and oxygen atoms in total. The Morgan fingerprint density at radius 2 is 1.83 bits per heavy atom. The summed E-state index contributed by atoms with van der Waals surface area (Å²) < 4.78 is 16.4. The Kier molecular flexibility index (Phi) is 6.95. The van der Waals surface area contributed by atoms with Crippen molar-refractivity contribution in [1.82, 2.24) is 9.88 Å². The van der Waals surface area contributed by atoms with E-state index in [1.165, 1.54) is 11.3 Å². The Balaban J connectivity index is 1.68. The number of hydrogen-bond donors (Lipinski definition) is 0. The number of nitrogens with zero attached hydrogens (tertiary/aromatic N) is 2. The molecule has 1 aromatic heterocycles. The highest BCUT2D eigenvalue weighted by molar-refractivity contribution is 7.17. The molecule has 30 heavy (non-hydrogen) atoms. The summed E-state index contributed by atoms with van der Waals surface area (Å²) >= 11 is 1.37. The lowest BCUT2D eigenvalue weighted by molar-refractivity contribution is 0.0777. The first-order valence-corrected chi connectivity index (χ1v) is 10.4. The molecule has 0 atom stereocenters. The minimum absolute atomic E-state index is 0.0652. The Labute approximate surface area is 181 Å². The van der Waals surface area contributed by atoms with Gasteiger partial charge in [-0.05, 0) is 49.7 Å². The third-order valence-electron chi connectivity index (χ3n) is 4.65. The molecule has 0 aliphatic rings. The number of thiazole rings is 1. The monoisotopic (exact) mass is 426 g/mol. The van der Waals surface area contributed by atoms with Crippen molar-refractivity contribution in [2.45, 2.75) is 13.8 Å². The lowest BCUT2D eigenvalue weighted by Gasteiger charge is -2.17. The summed E-state index contributed by atoms with van der Waals surface area (Å²) in [5.41, 5.74) is 2.73. The van der Waals surface area contributed by atoms with Crippen molar-refractivity contribution < 1.29 is 19.0 Å².